The third-order valence-corrected chi connectivity index (χ3v) is 2.95. The summed E-state index contributed by atoms with van der Waals surface area (Å²) in [5.74, 6) is 1.56. The van der Waals surface area contributed by atoms with E-state index in [0.29, 0.717) is 0 Å². The van der Waals surface area contributed by atoms with Crippen molar-refractivity contribution >= 4 is 11.6 Å². The van der Waals surface area contributed by atoms with Gasteiger partial charge >= 0.3 is 0 Å². The average Bonchev–Trinajstić information content (AvgIpc) is 2.28. The van der Waals surface area contributed by atoms with Crippen LogP contribution in [0.1, 0.15) is 32.8 Å². The van der Waals surface area contributed by atoms with Crippen LogP contribution in [0, 0.1) is 0 Å². The number of methoxy groups -OCH3 is 1. The zero-order valence-electron chi connectivity index (χ0n) is 11.0. The summed E-state index contributed by atoms with van der Waals surface area (Å²) >= 11 is 6.16. The van der Waals surface area contributed by atoms with Crippen LogP contribution >= 0.6 is 11.6 Å². The summed E-state index contributed by atoms with van der Waals surface area (Å²) in [7, 11) is 1.65. The van der Waals surface area contributed by atoms with Gasteiger partial charge in [0.15, 0.2) is 11.5 Å². The molecule has 0 saturated heterocycles. The largest absolute Gasteiger partial charge is 0.493 e. The molecule has 0 aromatic heterocycles. The van der Waals surface area contributed by atoms with Crippen molar-refractivity contribution in [3.05, 3.63) is 23.8 Å². The van der Waals surface area contributed by atoms with Crippen molar-refractivity contribution in [1.29, 1.82) is 0 Å². The third kappa shape index (κ3) is 4.47. The topological polar surface area (TPSA) is 18.5 Å². The Morgan fingerprint density at radius 3 is 2.47 bits per heavy atom. The number of benzene rings is 1. The van der Waals surface area contributed by atoms with E-state index >= 15 is 0 Å². The first-order valence-corrected chi connectivity index (χ1v) is 6.48. The van der Waals surface area contributed by atoms with E-state index in [9.17, 15) is 0 Å². The van der Waals surface area contributed by atoms with Crippen molar-refractivity contribution in [3.8, 4) is 11.5 Å². The van der Waals surface area contributed by atoms with Crippen LogP contribution in [0.25, 0.3) is 0 Å². The molecule has 1 atom stereocenters. The summed E-state index contributed by atoms with van der Waals surface area (Å²) in [6, 6.07) is 5.99. The standard InChI is InChI=1S/C14H21ClO2/c1-5-12(15)8-11-6-7-13(16-4)14(9-11)17-10(2)3/h6-7,9-10,12H,5,8H2,1-4H3. The van der Waals surface area contributed by atoms with Gasteiger partial charge in [0.25, 0.3) is 0 Å². The second-order valence-electron chi connectivity index (χ2n) is 4.36. The number of halogens is 1. The summed E-state index contributed by atoms with van der Waals surface area (Å²) in [4.78, 5) is 0. The van der Waals surface area contributed by atoms with Gasteiger partial charge in [0.05, 0.1) is 13.2 Å². The van der Waals surface area contributed by atoms with Crippen molar-refractivity contribution in [3.63, 3.8) is 0 Å². The molecular weight excluding hydrogens is 236 g/mol. The van der Waals surface area contributed by atoms with E-state index in [0.717, 1.165) is 24.3 Å². The molecule has 2 nitrogen and oxygen atoms in total. The summed E-state index contributed by atoms with van der Waals surface area (Å²) < 4.78 is 11.0. The summed E-state index contributed by atoms with van der Waals surface area (Å²) in [6.07, 6.45) is 1.96. The lowest BCUT2D eigenvalue weighted by Gasteiger charge is -2.15. The van der Waals surface area contributed by atoms with Gasteiger partial charge in [-0.25, -0.2) is 0 Å². The fraction of sp³-hybridized carbons (Fsp3) is 0.571. The van der Waals surface area contributed by atoms with Gasteiger partial charge in [-0.2, -0.15) is 0 Å². The Morgan fingerprint density at radius 2 is 1.94 bits per heavy atom. The molecule has 0 spiro atoms. The van der Waals surface area contributed by atoms with Crippen LogP contribution in [0.4, 0.5) is 0 Å². The summed E-state index contributed by atoms with van der Waals surface area (Å²) in [6.45, 7) is 6.09. The molecule has 1 rings (SSSR count). The lowest BCUT2D eigenvalue weighted by molar-refractivity contribution is 0.230. The Bertz CT molecular complexity index is 350. The van der Waals surface area contributed by atoms with E-state index in [1.165, 1.54) is 5.56 Å². The summed E-state index contributed by atoms with van der Waals surface area (Å²) in [5, 5.41) is 0.176. The van der Waals surface area contributed by atoms with E-state index in [1.807, 2.05) is 32.0 Å². The fourth-order valence-corrected chi connectivity index (χ4v) is 1.77. The normalized spacial score (nSPS) is 12.6. The zero-order valence-corrected chi connectivity index (χ0v) is 11.8. The lowest BCUT2D eigenvalue weighted by Crippen LogP contribution is -2.08. The molecule has 3 heteroatoms. The number of hydrogen-bond donors (Lipinski definition) is 0. The molecule has 0 amide bonds. The summed E-state index contributed by atoms with van der Waals surface area (Å²) in [5.41, 5.74) is 1.18. The quantitative estimate of drug-likeness (QED) is 0.715. The first kappa shape index (κ1) is 14.2. The first-order chi connectivity index (χ1) is 8.06. The maximum Gasteiger partial charge on any atom is 0.161 e. The van der Waals surface area contributed by atoms with Gasteiger partial charge < -0.3 is 9.47 Å². The third-order valence-electron chi connectivity index (χ3n) is 2.49. The van der Waals surface area contributed by atoms with Crippen molar-refractivity contribution in [2.45, 2.75) is 45.1 Å². The Labute approximate surface area is 109 Å². The molecule has 0 saturated carbocycles. The highest BCUT2D eigenvalue weighted by molar-refractivity contribution is 6.20. The van der Waals surface area contributed by atoms with E-state index < -0.39 is 0 Å². The van der Waals surface area contributed by atoms with Crippen LogP contribution in [0.5, 0.6) is 11.5 Å². The number of alkyl halides is 1. The van der Waals surface area contributed by atoms with Crippen molar-refractivity contribution in [2.24, 2.45) is 0 Å². The highest BCUT2D eigenvalue weighted by Crippen LogP contribution is 2.29. The highest BCUT2D eigenvalue weighted by atomic mass is 35.5. The van der Waals surface area contributed by atoms with Crippen molar-refractivity contribution in [2.75, 3.05) is 7.11 Å². The van der Waals surface area contributed by atoms with Crippen molar-refractivity contribution < 1.29 is 9.47 Å². The molecule has 96 valence electrons. The molecule has 1 aromatic carbocycles. The molecule has 0 aliphatic heterocycles. The highest BCUT2D eigenvalue weighted by Gasteiger charge is 2.10. The molecular formula is C14H21ClO2. The maximum absolute atomic E-state index is 6.16. The molecule has 0 bridgehead atoms. The number of hydrogen-bond acceptors (Lipinski definition) is 2. The van der Waals surface area contributed by atoms with E-state index in [-0.39, 0.29) is 11.5 Å². The molecule has 1 aromatic rings. The number of rotatable bonds is 6. The van der Waals surface area contributed by atoms with Crippen LogP contribution in [-0.4, -0.2) is 18.6 Å². The van der Waals surface area contributed by atoms with Crippen LogP contribution in [-0.2, 0) is 6.42 Å². The zero-order chi connectivity index (χ0) is 12.8. The van der Waals surface area contributed by atoms with Gasteiger partial charge in [-0.3, -0.25) is 0 Å². The fourth-order valence-electron chi connectivity index (χ4n) is 1.59. The van der Waals surface area contributed by atoms with Gasteiger partial charge in [0.1, 0.15) is 0 Å². The van der Waals surface area contributed by atoms with Crippen LogP contribution in [0.15, 0.2) is 18.2 Å². The first-order valence-electron chi connectivity index (χ1n) is 6.04. The SMILES string of the molecule is CCC(Cl)Cc1ccc(OC)c(OC(C)C)c1. The second-order valence-corrected chi connectivity index (χ2v) is 4.98. The van der Waals surface area contributed by atoms with Gasteiger partial charge in [-0.15, -0.1) is 11.6 Å². The lowest BCUT2D eigenvalue weighted by atomic mass is 10.1. The van der Waals surface area contributed by atoms with Crippen LogP contribution in [0.2, 0.25) is 0 Å². The second kappa shape index (κ2) is 6.75. The van der Waals surface area contributed by atoms with Gasteiger partial charge in [-0.05, 0) is 44.4 Å². The Balaban J connectivity index is 2.88. The van der Waals surface area contributed by atoms with Gasteiger partial charge in [0, 0.05) is 5.38 Å². The Morgan fingerprint density at radius 1 is 1.24 bits per heavy atom. The van der Waals surface area contributed by atoms with Crippen LogP contribution in [0.3, 0.4) is 0 Å². The molecule has 0 fully saturated rings. The molecule has 0 heterocycles. The monoisotopic (exact) mass is 256 g/mol. The molecule has 0 radical (unpaired) electrons. The van der Waals surface area contributed by atoms with E-state index in [2.05, 4.69) is 6.92 Å². The smallest absolute Gasteiger partial charge is 0.161 e. The average molecular weight is 257 g/mol. The molecule has 0 N–H and O–H groups in total. The predicted octanol–water partition coefficient (Wildman–Crippen LogP) is 4.04. The minimum absolute atomic E-state index is 0.136. The Kier molecular flexibility index (Phi) is 5.63. The van der Waals surface area contributed by atoms with Gasteiger partial charge in [-0.1, -0.05) is 13.0 Å². The minimum atomic E-state index is 0.136. The Hall–Kier alpha value is -0.890. The number of ether oxygens (including phenoxy) is 2. The maximum atomic E-state index is 6.16. The van der Waals surface area contributed by atoms with Crippen LogP contribution < -0.4 is 9.47 Å². The molecule has 0 aliphatic rings. The van der Waals surface area contributed by atoms with E-state index in [4.69, 9.17) is 21.1 Å². The molecule has 0 aliphatic carbocycles. The predicted molar refractivity (Wildman–Crippen MR) is 72.4 cm³/mol. The van der Waals surface area contributed by atoms with E-state index in [1.54, 1.807) is 7.11 Å². The molecule has 1 unspecified atom stereocenters. The molecule has 17 heavy (non-hydrogen) atoms. The van der Waals surface area contributed by atoms with Crippen molar-refractivity contribution in [1.82, 2.24) is 0 Å². The van der Waals surface area contributed by atoms with Gasteiger partial charge in [0.2, 0.25) is 0 Å². The minimum Gasteiger partial charge on any atom is -0.493 e.